The molecule has 2 aromatic heterocycles. The number of hydrogen-bond donors (Lipinski definition) is 2. The number of benzene rings is 1. The van der Waals surface area contributed by atoms with Crippen LogP contribution in [0.15, 0.2) is 40.3 Å². The highest BCUT2D eigenvalue weighted by Gasteiger charge is 2.25. The molecule has 3 aromatic rings. The Kier molecular flexibility index (Phi) is 7.22. The predicted octanol–water partition coefficient (Wildman–Crippen LogP) is 4.11. The number of ether oxygens (including phenoxy) is 1. The first-order valence-electron chi connectivity index (χ1n) is 12.7. The Morgan fingerprint density at radius 3 is 2.78 bits per heavy atom. The lowest BCUT2D eigenvalue weighted by Crippen LogP contribution is -2.29. The average Bonchev–Trinajstić information content (AvgIpc) is 2.92. The maximum atomic E-state index is 12.6. The van der Waals surface area contributed by atoms with E-state index < -0.39 is 0 Å². The fourth-order valence-corrected chi connectivity index (χ4v) is 5.54. The number of hydrogen-bond acceptors (Lipinski definition) is 7. The minimum Gasteiger partial charge on any atom is -0.481 e. The Labute approximate surface area is 221 Å². The quantitative estimate of drug-likeness (QED) is 0.491. The van der Waals surface area contributed by atoms with Crippen LogP contribution in [0.1, 0.15) is 36.0 Å². The Morgan fingerprint density at radius 1 is 1.27 bits per heavy atom. The topological polar surface area (TPSA) is 97.8 Å². The van der Waals surface area contributed by atoms with Gasteiger partial charge in [0.15, 0.2) is 0 Å². The summed E-state index contributed by atoms with van der Waals surface area (Å²) in [4.78, 5) is 24.4. The minimum absolute atomic E-state index is 0.0364. The summed E-state index contributed by atoms with van der Waals surface area (Å²) in [6.45, 7) is 4.57. The zero-order valence-corrected chi connectivity index (χ0v) is 22.3. The van der Waals surface area contributed by atoms with Gasteiger partial charge in [-0.2, -0.15) is 4.98 Å². The third-order valence-electron chi connectivity index (χ3n) is 7.33. The number of nitrogens with one attached hydrogen (secondary N) is 1. The molecule has 4 heterocycles. The van der Waals surface area contributed by atoms with Crippen LogP contribution in [0.3, 0.4) is 0 Å². The number of aryl methyl sites for hydroxylation is 3. The number of rotatable bonds is 5. The van der Waals surface area contributed by atoms with Crippen molar-refractivity contribution >= 4 is 45.8 Å². The molecular weight excluding hydrogens is 488 g/mol. The van der Waals surface area contributed by atoms with E-state index in [1.807, 2.05) is 25.3 Å². The fraction of sp³-hybridized carbons (Fsp3) is 0.393. The number of anilines is 2. The van der Waals surface area contributed by atoms with Gasteiger partial charge in [-0.1, -0.05) is 11.6 Å². The molecule has 0 amide bonds. The number of nitrogens with two attached hydrogens (primary N) is 1. The standard InChI is InChI=1S/C28H33ClN6O2/c1-17-11-22-25(34(2)28(17)36)14-26(37-3)33-27(22)35-10-4-5-18-12-21(23(29)13-24(18)35)19(15-30)16-32-20-6-8-31-9-7-20/h11-16,20,31H,4-10,30H2,1-3H3/b19-15+,32-16?. The van der Waals surface area contributed by atoms with Gasteiger partial charge in [0, 0.05) is 59.8 Å². The molecule has 0 saturated carbocycles. The van der Waals surface area contributed by atoms with Crippen molar-refractivity contribution < 1.29 is 4.74 Å². The molecule has 1 aromatic carbocycles. The molecule has 1 fully saturated rings. The molecule has 0 atom stereocenters. The molecule has 8 nitrogen and oxygen atoms in total. The van der Waals surface area contributed by atoms with Crippen LogP contribution in [-0.2, 0) is 13.5 Å². The van der Waals surface area contributed by atoms with E-state index >= 15 is 0 Å². The van der Waals surface area contributed by atoms with E-state index in [-0.39, 0.29) is 5.56 Å². The molecule has 0 aliphatic carbocycles. The molecule has 3 N–H and O–H groups in total. The van der Waals surface area contributed by atoms with Crippen molar-refractivity contribution in [3.05, 3.63) is 62.5 Å². The Balaban J connectivity index is 1.58. The van der Waals surface area contributed by atoms with Crippen LogP contribution in [-0.4, -0.2) is 48.6 Å². The third kappa shape index (κ3) is 4.83. The smallest absolute Gasteiger partial charge is 0.253 e. The fourth-order valence-electron chi connectivity index (χ4n) is 5.28. The van der Waals surface area contributed by atoms with Gasteiger partial charge in [-0.15, -0.1) is 0 Å². The van der Waals surface area contributed by atoms with E-state index in [1.165, 1.54) is 5.56 Å². The van der Waals surface area contributed by atoms with Gasteiger partial charge in [0.1, 0.15) is 5.82 Å². The van der Waals surface area contributed by atoms with Crippen LogP contribution in [0.4, 0.5) is 11.5 Å². The zero-order valence-electron chi connectivity index (χ0n) is 21.6. The van der Waals surface area contributed by atoms with Crippen molar-refractivity contribution in [2.24, 2.45) is 17.8 Å². The second-order valence-corrected chi connectivity index (χ2v) is 10.1. The average molecular weight is 521 g/mol. The molecule has 0 spiro atoms. The van der Waals surface area contributed by atoms with Gasteiger partial charge in [-0.25, -0.2) is 0 Å². The summed E-state index contributed by atoms with van der Waals surface area (Å²) in [7, 11) is 3.36. The number of pyridine rings is 2. The van der Waals surface area contributed by atoms with Gasteiger partial charge in [-0.3, -0.25) is 9.79 Å². The number of methoxy groups -OCH3 is 1. The van der Waals surface area contributed by atoms with Crippen LogP contribution >= 0.6 is 11.6 Å². The van der Waals surface area contributed by atoms with E-state index in [0.29, 0.717) is 22.5 Å². The van der Waals surface area contributed by atoms with Gasteiger partial charge >= 0.3 is 0 Å². The van der Waals surface area contributed by atoms with E-state index in [4.69, 9.17) is 32.0 Å². The molecule has 194 valence electrons. The molecule has 5 rings (SSSR count). The first-order chi connectivity index (χ1) is 17.9. The second kappa shape index (κ2) is 10.6. The van der Waals surface area contributed by atoms with Crippen LogP contribution in [0.5, 0.6) is 5.88 Å². The lowest BCUT2D eigenvalue weighted by atomic mass is 9.96. The van der Waals surface area contributed by atoms with E-state index in [1.54, 1.807) is 31.0 Å². The molecule has 37 heavy (non-hydrogen) atoms. The maximum absolute atomic E-state index is 12.6. The highest BCUT2D eigenvalue weighted by atomic mass is 35.5. The van der Waals surface area contributed by atoms with Crippen molar-refractivity contribution in [1.29, 1.82) is 0 Å². The third-order valence-corrected chi connectivity index (χ3v) is 7.65. The Hall–Kier alpha value is -3.36. The van der Waals surface area contributed by atoms with Crippen molar-refractivity contribution in [2.75, 3.05) is 31.6 Å². The number of fused-ring (bicyclic) bond motifs is 2. The number of allylic oxidation sites excluding steroid dienone is 1. The van der Waals surface area contributed by atoms with Gasteiger partial charge in [-0.05, 0) is 69.5 Å². The van der Waals surface area contributed by atoms with Crippen LogP contribution in [0.25, 0.3) is 16.5 Å². The molecular formula is C28H33ClN6O2. The summed E-state index contributed by atoms with van der Waals surface area (Å²) in [5.41, 5.74) is 11.3. The molecule has 0 radical (unpaired) electrons. The zero-order chi connectivity index (χ0) is 26.1. The van der Waals surface area contributed by atoms with E-state index in [9.17, 15) is 4.79 Å². The van der Waals surface area contributed by atoms with Crippen molar-refractivity contribution in [3.8, 4) is 5.88 Å². The summed E-state index contributed by atoms with van der Waals surface area (Å²) in [5.74, 6) is 1.21. The number of aliphatic imine (C=N–C) groups is 1. The maximum Gasteiger partial charge on any atom is 0.253 e. The number of piperidine rings is 1. The molecule has 0 unspecified atom stereocenters. The predicted molar refractivity (Wildman–Crippen MR) is 152 cm³/mol. The monoisotopic (exact) mass is 520 g/mol. The summed E-state index contributed by atoms with van der Waals surface area (Å²) in [5, 5.41) is 4.87. The lowest BCUT2D eigenvalue weighted by molar-refractivity contribution is 0.398. The van der Waals surface area contributed by atoms with Crippen LogP contribution in [0, 0.1) is 6.92 Å². The Morgan fingerprint density at radius 2 is 2.05 bits per heavy atom. The van der Waals surface area contributed by atoms with Gasteiger partial charge in [0.25, 0.3) is 5.56 Å². The van der Waals surface area contributed by atoms with Crippen molar-refractivity contribution in [1.82, 2.24) is 14.9 Å². The number of halogens is 1. The first kappa shape index (κ1) is 25.3. The SMILES string of the molecule is COc1cc2c(cc(C)c(=O)n2C)c(N2CCCc3cc(/C(C=NC4CCNCC4)=C/N)c(Cl)cc32)n1. The van der Waals surface area contributed by atoms with E-state index in [2.05, 4.69) is 16.3 Å². The number of nitrogens with zero attached hydrogens (tertiary/aromatic N) is 4. The van der Waals surface area contributed by atoms with Crippen molar-refractivity contribution in [3.63, 3.8) is 0 Å². The van der Waals surface area contributed by atoms with Crippen LogP contribution < -0.4 is 26.2 Å². The molecule has 2 aliphatic rings. The summed E-state index contributed by atoms with van der Waals surface area (Å²) in [6.07, 6.45) is 7.36. The van der Waals surface area contributed by atoms with Gasteiger partial charge in [0.2, 0.25) is 5.88 Å². The molecule has 2 aliphatic heterocycles. The minimum atomic E-state index is -0.0364. The molecule has 0 bridgehead atoms. The van der Waals surface area contributed by atoms with E-state index in [0.717, 1.165) is 78.9 Å². The second-order valence-electron chi connectivity index (χ2n) is 9.71. The largest absolute Gasteiger partial charge is 0.481 e. The number of aromatic nitrogens is 2. The Bertz CT molecular complexity index is 1460. The van der Waals surface area contributed by atoms with Gasteiger partial charge < -0.3 is 25.3 Å². The summed E-state index contributed by atoms with van der Waals surface area (Å²) in [6, 6.07) is 8.14. The van der Waals surface area contributed by atoms with Crippen molar-refractivity contribution in [2.45, 2.75) is 38.6 Å². The summed E-state index contributed by atoms with van der Waals surface area (Å²) >= 11 is 6.87. The highest BCUT2D eigenvalue weighted by Crippen LogP contribution is 2.40. The molecule has 9 heteroatoms. The van der Waals surface area contributed by atoms with Crippen LogP contribution in [0.2, 0.25) is 5.02 Å². The lowest BCUT2D eigenvalue weighted by Gasteiger charge is -2.32. The summed E-state index contributed by atoms with van der Waals surface area (Å²) < 4.78 is 7.17. The highest BCUT2D eigenvalue weighted by molar-refractivity contribution is 6.34. The normalized spacial score (nSPS) is 17.0. The van der Waals surface area contributed by atoms with Gasteiger partial charge in [0.05, 0.1) is 23.7 Å². The molecule has 1 saturated heterocycles. The first-order valence-corrected chi connectivity index (χ1v) is 13.1.